The molecule has 2 nitrogen and oxygen atoms in total. The predicted molar refractivity (Wildman–Crippen MR) is 38.1 cm³/mol. The highest BCUT2D eigenvalue weighted by atomic mass is 16.7. The molecule has 0 amide bonds. The van der Waals surface area contributed by atoms with Crippen LogP contribution in [0.5, 0.6) is 0 Å². The van der Waals surface area contributed by atoms with Crippen molar-refractivity contribution in [3.05, 3.63) is 0 Å². The largest absolute Gasteiger partial charge is 0.279 e. The van der Waals surface area contributed by atoms with Crippen molar-refractivity contribution < 1.29 is 4.84 Å². The molecule has 0 saturated heterocycles. The molecule has 0 N–H and O–H groups in total. The van der Waals surface area contributed by atoms with Crippen LogP contribution in [0.4, 0.5) is 0 Å². The van der Waals surface area contributed by atoms with Crippen molar-refractivity contribution in [2.45, 2.75) is 33.8 Å². The van der Waals surface area contributed by atoms with E-state index in [0.717, 1.165) is 6.54 Å². The standard InChI is InChI=1S/C7H16NO/c1-6(2)5-8-9-7(3)4/h6-7H,5H2,1-4H3. The maximum Gasteiger partial charge on any atom is 0.0754 e. The predicted octanol–water partition coefficient (Wildman–Crippen LogP) is 1.59. The highest BCUT2D eigenvalue weighted by Crippen LogP contribution is 1.90. The minimum absolute atomic E-state index is 0.226. The summed E-state index contributed by atoms with van der Waals surface area (Å²) in [7, 11) is 0. The van der Waals surface area contributed by atoms with Gasteiger partial charge in [-0.1, -0.05) is 19.3 Å². The first-order valence-corrected chi connectivity index (χ1v) is 3.45. The molecule has 55 valence electrons. The maximum absolute atomic E-state index is 4.98. The Morgan fingerprint density at radius 1 is 1.22 bits per heavy atom. The minimum Gasteiger partial charge on any atom is -0.279 e. The van der Waals surface area contributed by atoms with Crippen LogP contribution in [-0.2, 0) is 4.84 Å². The SMILES string of the molecule is CC(C)C[N]OC(C)C. The lowest BCUT2D eigenvalue weighted by atomic mass is 10.2. The number of hydrogen-bond acceptors (Lipinski definition) is 1. The third-order valence-electron chi connectivity index (χ3n) is 0.725. The quantitative estimate of drug-likeness (QED) is 0.530. The Hall–Kier alpha value is -0.0800. The number of nitrogens with zero attached hydrogens (tertiary/aromatic N) is 1. The van der Waals surface area contributed by atoms with Gasteiger partial charge in [-0.3, -0.25) is 4.84 Å². The van der Waals surface area contributed by atoms with Crippen molar-refractivity contribution in [3.8, 4) is 0 Å². The first-order chi connectivity index (χ1) is 4.13. The lowest BCUT2D eigenvalue weighted by Gasteiger charge is -2.06. The van der Waals surface area contributed by atoms with Crippen molar-refractivity contribution >= 4 is 0 Å². The summed E-state index contributed by atoms with van der Waals surface area (Å²) in [4.78, 5) is 4.98. The van der Waals surface area contributed by atoms with E-state index in [1.807, 2.05) is 13.8 Å². The second-order valence-electron chi connectivity index (χ2n) is 2.86. The van der Waals surface area contributed by atoms with E-state index in [4.69, 9.17) is 4.84 Å². The molecule has 0 aromatic rings. The summed E-state index contributed by atoms with van der Waals surface area (Å²) < 4.78 is 0. The van der Waals surface area contributed by atoms with Crippen LogP contribution in [0, 0.1) is 5.92 Å². The van der Waals surface area contributed by atoms with E-state index in [0.29, 0.717) is 5.92 Å². The van der Waals surface area contributed by atoms with Gasteiger partial charge in [0.1, 0.15) is 0 Å². The molecule has 0 aliphatic rings. The first-order valence-electron chi connectivity index (χ1n) is 3.45. The van der Waals surface area contributed by atoms with Crippen LogP contribution in [0.3, 0.4) is 0 Å². The summed E-state index contributed by atoms with van der Waals surface area (Å²) >= 11 is 0. The van der Waals surface area contributed by atoms with Gasteiger partial charge in [0, 0.05) is 6.54 Å². The monoisotopic (exact) mass is 130 g/mol. The molecule has 0 rings (SSSR count). The lowest BCUT2D eigenvalue weighted by Crippen LogP contribution is -2.16. The van der Waals surface area contributed by atoms with Crippen molar-refractivity contribution in [2.24, 2.45) is 5.92 Å². The Labute approximate surface area is 57.5 Å². The maximum atomic E-state index is 4.98. The molecule has 0 saturated carbocycles. The summed E-state index contributed by atoms with van der Waals surface area (Å²) in [5, 5.41) is 0. The normalized spacial score (nSPS) is 11.3. The Morgan fingerprint density at radius 2 is 1.78 bits per heavy atom. The Kier molecular flexibility index (Phi) is 4.72. The van der Waals surface area contributed by atoms with Gasteiger partial charge < -0.3 is 0 Å². The van der Waals surface area contributed by atoms with Crippen molar-refractivity contribution in [3.63, 3.8) is 0 Å². The van der Waals surface area contributed by atoms with E-state index < -0.39 is 0 Å². The third kappa shape index (κ3) is 7.92. The molecule has 0 unspecified atom stereocenters. The molecule has 2 heteroatoms. The van der Waals surface area contributed by atoms with Gasteiger partial charge in [0.25, 0.3) is 0 Å². The van der Waals surface area contributed by atoms with E-state index in [1.165, 1.54) is 0 Å². The number of hydrogen-bond donors (Lipinski definition) is 0. The molecule has 9 heavy (non-hydrogen) atoms. The highest BCUT2D eigenvalue weighted by molar-refractivity contribution is 4.42. The molecule has 0 aliphatic heterocycles. The van der Waals surface area contributed by atoms with Crippen LogP contribution in [0.1, 0.15) is 27.7 Å². The minimum atomic E-state index is 0.226. The molecule has 0 aliphatic carbocycles. The van der Waals surface area contributed by atoms with E-state index in [9.17, 15) is 0 Å². The van der Waals surface area contributed by atoms with Crippen molar-refractivity contribution in [2.75, 3.05) is 6.54 Å². The van der Waals surface area contributed by atoms with Gasteiger partial charge in [-0.05, 0) is 19.8 Å². The molecule has 0 aromatic carbocycles. The van der Waals surface area contributed by atoms with Gasteiger partial charge in [-0.15, -0.1) is 0 Å². The lowest BCUT2D eigenvalue weighted by molar-refractivity contribution is -0.0170. The fraction of sp³-hybridized carbons (Fsp3) is 1.00. The van der Waals surface area contributed by atoms with Crippen molar-refractivity contribution in [1.29, 1.82) is 0 Å². The topological polar surface area (TPSA) is 23.3 Å². The van der Waals surface area contributed by atoms with Gasteiger partial charge in [0.2, 0.25) is 0 Å². The molecule has 0 fully saturated rings. The summed E-state index contributed by atoms with van der Waals surface area (Å²) in [6, 6.07) is 0. The van der Waals surface area contributed by atoms with Crippen LogP contribution in [0.2, 0.25) is 0 Å². The van der Waals surface area contributed by atoms with Gasteiger partial charge >= 0.3 is 0 Å². The molecular weight excluding hydrogens is 114 g/mol. The van der Waals surface area contributed by atoms with Crippen LogP contribution >= 0.6 is 0 Å². The van der Waals surface area contributed by atoms with Gasteiger partial charge in [-0.25, -0.2) is 0 Å². The van der Waals surface area contributed by atoms with E-state index in [1.54, 1.807) is 0 Å². The first kappa shape index (κ1) is 8.92. The molecule has 1 radical (unpaired) electrons. The summed E-state index contributed by atoms with van der Waals surface area (Å²) in [5.74, 6) is 0.601. The third-order valence-corrected chi connectivity index (χ3v) is 0.725. The van der Waals surface area contributed by atoms with Gasteiger partial charge in [-0.2, -0.15) is 0 Å². The van der Waals surface area contributed by atoms with Crippen LogP contribution in [-0.4, -0.2) is 12.6 Å². The summed E-state index contributed by atoms with van der Waals surface area (Å²) in [6.45, 7) is 8.99. The summed E-state index contributed by atoms with van der Waals surface area (Å²) in [6.07, 6.45) is 0.226. The zero-order valence-electron chi connectivity index (χ0n) is 6.72. The molecule has 0 atom stereocenters. The van der Waals surface area contributed by atoms with Crippen LogP contribution < -0.4 is 5.48 Å². The number of hydroxylamine groups is 1. The van der Waals surface area contributed by atoms with Gasteiger partial charge in [0.15, 0.2) is 0 Å². The smallest absolute Gasteiger partial charge is 0.0754 e. The Bertz CT molecular complexity index is 53.9. The zero-order valence-corrected chi connectivity index (χ0v) is 6.72. The van der Waals surface area contributed by atoms with Gasteiger partial charge in [0.05, 0.1) is 6.10 Å². The number of rotatable bonds is 4. The fourth-order valence-corrected chi connectivity index (χ4v) is 0.341. The van der Waals surface area contributed by atoms with E-state index in [-0.39, 0.29) is 6.10 Å². The average Bonchev–Trinajstić information content (AvgIpc) is 1.63. The fourth-order valence-electron chi connectivity index (χ4n) is 0.341. The van der Waals surface area contributed by atoms with E-state index in [2.05, 4.69) is 19.3 Å². The van der Waals surface area contributed by atoms with E-state index >= 15 is 0 Å². The Balaban J connectivity index is 2.91. The van der Waals surface area contributed by atoms with Crippen LogP contribution in [0.15, 0.2) is 0 Å². The van der Waals surface area contributed by atoms with Crippen molar-refractivity contribution in [1.82, 2.24) is 5.48 Å². The highest BCUT2D eigenvalue weighted by Gasteiger charge is 1.96. The average molecular weight is 130 g/mol. The Morgan fingerprint density at radius 3 is 2.11 bits per heavy atom. The molecule has 0 bridgehead atoms. The second kappa shape index (κ2) is 4.77. The zero-order chi connectivity index (χ0) is 7.28. The molecular formula is C7H16NO. The molecule has 0 aromatic heterocycles. The summed E-state index contributed by atoms with van der Waals surface area (Å²) in [5.41, 5.74) is 3.87. The second-order valence-corrected chi connectivity index (χ2v) is 2.86. The van der Waals surface area contributed by atoms with Crippen LogP contribution in [0.25, 0.3) is 0 Å². The molecule has 0 heterocycles. The molecule has 0 spiro atoms.